The highest BCUT2D eigenvalue weighted by molar-refractivity contribution is 9.10. The number of hydrogen-bond acceptors (Lipinski definition) is 3. The number of rotatable bonds is 9. The molecule has 0 radical (unpaired) electrons. The first kappa shape index (κ1) is 17.5. The van der Waals surface area contributed by atoms with Gasteiger partial charge in [-0.3, -0.25) is 4.72 Å². The standard InChI is InChI=1S/C14H23BrN2O2S/c1-3-12-11-13(15)7-8-14(12)17-20(18,19)10-6-5-9-16-4-2/h7-8,11,16-17H,3-6,9-10H2,1-2H3. The molecule has 0 aliphatic rings. The molecule has 4 nitrogen and oxygen atoms in total. The Balaban J connectivity index is 2.58. The summed E-state index contributed by atoms with van der Waals surface area (Å²) < 4.78 is 27.7. The molecule has 0 aromatic heterocycles. The van der Waals surface area contributed by atoms with E-state index in [1.165, 1.54) is 0 Å². The molecule has 0 bridgehead atoms. The monoisotopic (exact) mass is 362 g/mol. The molecule has 0 spiro atoms. The number of aryl methyl sites for hydroxylation is 1. The SMILES string of the molecule is CCNCCCCS(=O)(=O)Nc1ccc(Br)cc1CC. The Labute approximate surface area is 130 Å². The van der Waals surface area contributed by atoms with Crippen LogP contribution in [0, 0.1) is 0 Å². The first-order valence-corrected chi connectivity index (χ1v) is 9.42. The van der Waals surface area contributed by atoms with E-state index in [4.69, 9.17) is 0 Å². The zero-order chi connectivity index (χ0) is 15.0. The highest BCUT2D eigenvalue weighted by atomic mass is 79.9. The number of sulfonamides is 1. The Morgan fingerprint density at radius 1 is 1.20 bits per heavy atom. The molecule has 0 saturated carbocycles. The lowest BCUT2D eigenvalue weighted by Gasteiger charge is -2.12. The summed E-state index contributed by atoms with van der Waals surface area (Å²) in [7, 11) is -3.26. The van der Waals surface area contributed by atoms with Crippen LogP contribution in [0.15, 0.2) is 22.7 Å². The smallest absolute Gasteiger partial charge is 0.232 e. The van der Waals surface area contributed by atoms with Gasteiger partial charge in [0.25, 0.3) is 0 Å². The van der Waals surface area contributed by atoms with Gasteiger partial charge in [0.05, 0.1) is 11.4 Å². The van der Waals surface area contributed by atoms with Crippen LogP contribution in [-0.2, 0) is 16.4 Å². The number of anilines is 1. The Bertz CT molecular complexity index is 518. The summed E-state index contributed by atoms with van der Waals surface area (Å²) in [6.45, 7) is 5.84. The van der Waals surface area contributed by atoms with Crippen molar-refractivity contribution in [3.63, 3.8) is 0 Å². The maximum absolute atomic E-state index is 12.0. The fourth-order valence-corrected chi connectivity index (χ4v) is 3.52. The largest absolute Gasteiger partial charge is 0.317 e. The molecule has 6 heteroatoms. The van der Waals surface area contributed by atoms with Crippen LogP contribution >= 0.6 is 15.9 Å². The van der Waals surface area contributed by atoms with Gasteiger partial charge in [0, 0.05) is 4.47 Å². The molecule has 0 amide bonds. The summed E-state index contributed by atoms with van der Waals surface area (Å²) in [5.74, 6) is 0.164. The number of benzene rings is 1. The summed E-state index contributed by atoms with van der Waals surface area (Å²) in [5.41, 5.74) is 1.68. The molecule has 0 saturated heterocycles. The van der Waals surface area contributed by atoms with Crippen molar-refractivity contribution < 1.29 is 8.42 Å². The van der Waals surface area contributed by atoms with Crippen molar-refractivity contribution in [2.45, 2.75) is 33.1 Å². The predicted octanol–water partition coefficient (Wildman–Crippen LogP) is 3.14. The van der Waals surface area contributed by atoms with E-state index in [9.17, 15) is 8.42 Å². The van der Waals surface area contributed by atoms with Crippen molar-refractivity contribution in [2.75, 3.05) is 23.6 Å². The first-order valence-electron chi connectivity index (χ1n) is 6.98. The molecule has 0 atom stereocenters. The van der Waals surface area contributed by atoms with E-state index in [0.29, 0.717) is 12.1 Å². The van der Waals surface area contributed by atoms with Crippen LogP contribution in [0.4, 0.5) is 5.69 Å². The van der Waals surface area contributed by atoms with Gasteiger partial charge in [-0.25, -0.2) is 8.42 Å². The first-order chi connectivity index (χ1) is 9.48. The van der Waals surface area contributed by atoms with Crippen LogP contribution in [0.2, 0.25) is 0 Å². The minimum absolute atomic E-state index is 0.164. The Hall–Kier alpha value is -0.590. The normalized spacial score (nSPS) is 11.6. The van der Waals surface area contributed by atoms with E-state index in [0.717, 1.165) is 36.0 Å². The summed E-state index contributed by atoms with van der Waals surface area (Å²) in [6.07, 6.45) is 2.33. The second kappa shape index (κ2) is 8.64. The molecular weight excluding hydrogens is 340 g/mol. The van der Waals surface area contributed by atoms with Gasteiger partial charge >= 0.3 is 0 Å². The lowest BCUT2D eigenvalue weighted by molar-refractivity contribution is 0.593. The third-order valence-electron chi connectivity index (χ3n) is 2.98. The third-order valence-corrected chi connectivity index (χ3v) is 4.83. The number of unbranched alkanes of at least 4 members (excludes halogenated alkanes) is 1. The van der Waals surface area contributed by atoms with Gasteiger partial charge in [-0.2, -0.15) is 0 Å². The summed E-state index contributed by atoms with van der Waals surface area (Å²) in [6, 6.07) is 5.60. The van der Waals surface area contributed by atoms with Gasteiger partial charge in [0.15, 0.2) is 0 Å². The molecular formula is C14H23BrN2O2S. The van der Waals surface area contributed by atoms with E-state index in [1.807, 2.05) is 26.0 Å². The number of hydrogen-bond donors (Lipinski definition) is 2. The lowest BCUT2D eigenvalue weighted by Crippen LogP contribution is -2.19. The van der Waals surface area contributed by atoms with Crippen LogP contribution in [0.3, 0.4) is 0 Å². The molecule has 1 aromatic rings. The van der Waals surface area contributed by atoms with E-state index < -0.39 is 10.0 Å². The molecule has 0 aliphatic carbocycles. The second-order valence-electron chi connectivity index (χ2n) is 4.64. The number of nitrogens with one attached hydrogen (secondary N) is 2. The second-order valence-corrected chi connectivity index (χ2v) is 7.39. The fourth-order valence-electron chi connectivity index (χ4n) is 1.89. The summed E-state index contributed by atoms with van der Waals surface area (Å²) in [5, 5.41) is 3.19. The zero-order valence-corrected chi connectivity index (χ0v) is 14.5. The van der Waals surface area contributed by atoms with Crippen molar-refractivity contribution in [3.8, 4) is 0 Å². The van der Waals surface area contributed by atoms with Gasteiger partial charge in [0.2, 0.25) is 10.0 Å². The van der Waals surface area contributed by atoms with Crippen LogP contribution in [-0.4, -0.2) is 27.3 Å². The zero-order valence-electron chi connectivity index (χ0n) is 12.1. The van der Waals surface area contributed by atoms with Gasteiger partial charge in [-0.15, -0.1) is 0 Å². The number of halogens is 1. The van der Waals surface area contributed by atoms with Crippen LogP contribution in [0.5, 0.6) is 0 Å². The quantitative estimate of drug-likeness (QED) is 0.663. The van der Waals surface area contributed by atoms with Crippen LogP contribution in [0.1, 0.15) is 32.3 Å². The summed E-state index contributed by atoms with van der Waals surface area (Å²) in [4.78, 5) is 0. The lowest BCUT2D eigenvalue weighted by atomic mass is 10.1. The van der Waals surface area contributed by atoms with Crippen molar-refractivity contribution in [3.05, 3.63) is 28.2 Å². The summed E-state index contributed by atoms with van der Waals surface area (Å²) >= 11 is 3.40. The van der Waals surface area contributed by atoms with E-state index in [1.54, 1.807) is 6.07 Å². The maximum Gasteiger partial charge on any atom is 0.232 e. The average Bonchev–Trinajstić information content (AvgIpc) is 2.40. The molecule has 2 N–H and O–H groups in total. The molecule has 20 heavy (non-hydrogen) atoms. The van der Waals surface area contributed by atoms with Gasteiger partial charge in [-0.05, 0) is 56.1 Å². The molecule has 0 unspecified atom stereocenters. The highest BCUT2D eigenvalue weighted by Gasteiger charge is 2.12. The predicted molar refractivity (Wildman–Crippen MR) is 88.7 cm³/mol. The molecule has 1 aromatic carbocycles. The molecule has 0 heterocycles. The molecule has 0 aliphatic heterocycles. The highest BCUT2D eigenvalue weighted by Crippen LogP contribution is 2.22. The van der Waals surface area contributed by atoms with E-state index >= 15 is 0 Å². The third kappa shape index (κ3) is 6.24. The Morgan fingerprint density at radius 2 is 1.95 bits per heavy atom. The van der Waals surface area contributed by atoms with Crippen molar-refractivity contribution in [2.24, 2.45) is 0 Å². The van der Waals surface area contributed by atoms with Crippen molar-refractivity contribution in [1.82, 2.24) is 5.32 Å². The van der Waals surface area contributed by atoms with Crippen LogP contribution in [0.25, 0.3) is 0 Å². The fraction of sp³-hybridized carbons (Fsp3) is 0.571. The molecule has 1 rings (SSSR count). The minimum Gasteiger partial charge on any atom is -0.317 e. The van der Waals surface area contributed by atoms with Gasteiger partial charge in [0.1, 0.15) is 0 Å². The minimum atomic E-state index is -3.26. The Morgan fingerprint density at radius 3 is 2.60 bits per heavy atom. The van der Waals surface area contributed by atoms with Crippen LogP contribution < -0.4 is 10.0 Å². The van der Waals surface area contributed by atoms with Gasteiger partial charge in [-0.1, -0.05) is 29.8 Å². The van der Waals surface area contributed by atoms with Crippen molar-refractivity contribution >= 4 is 31.6 Å². The van der Waals surface area contributed by atoms with E-state index in [2.05, 4.69) is 26.0 Å². The van der Waals surface area contributed by atoms with Crippen molar-refractivity contribution in [1.29, 1.82) is 0 Å². The maximum atomic E-state index is 12.0. The Kier molecular flexibility index (Phi) is 7.55. The average molecular weight is 363 g/mol. The topological polar surface area (TPSA) is 58.2 Å². The van der Waals surface area contributed by atoms with Gasteiger partial charge < -0.3 is 5.32 Å². The van der Waals surface area contributed by atoms with E-state index in [-0.39, 0.29) is 5.75 Å². The molecule has 0 fully saturated rings. The molecule has 114 valence electrons.